The first-order chi connectivity index (χ1) is 9.58. The summed E-state index contributed by atoms with van der Waals surface area (Å²) >= 11 is 0. The lowest BCUT2D eigenvalue weighted by molar-refractivity contribution is 0.181. The van der Waals surface area contributed by atoms with Crippen LogP contribution in [0.1, 0.15) is 30.9 Å². The number of aliphatic hydroxyl groups is 1. The average molecular weight is 281 g/mol. The van der Waals surface area contributed by atoms with Gasteiger partial charge in [-0.1, -0.05) is 5.16 Å². The van der Waals surface area contributed by atoms with Crippen LogP contribution < -0.4 is 15.8 Å². The molecule has 0 aliphatic rings. The maximum atomic E-state index is 9.18. The molecule has 1 aromatic carbocycles. The highest BCUT2D eigenvalue weighted by Gasteiger charge is 2.07. The summed E-state index contributed by atoms with van der Waals surface area (Å²) in [5, 5.41) is 24.1. The van der Waals surface area contributed by atoms with Crippen LogP contribution in [-0.2, 0) is 6.54 Å². The van der Waals surface area contributed by atoms with Gasteiger partial charge in [-0.15, -0.1) is 0 Å². The highest BCUT2D eigenvalue weighted by Crippen LogP contribution is 2.19. The summed E-state index contributed by atoms with van der Waals surface area (Å²) in [4.78, 5) is 0. The predicted molar refractivity (Wildman–Crippen MR) is 78.1 cm³/mol. The Morgan fingerprint density at radius 3 is 2.85 bits per heavy atom. The van der Waals surface area contributed by atoms with Crippen molar-refractivity contribution in [1.29, 1.82) is 0 Å². The van der Waals surface area contributed by atoms with Gasteiger partial charge >= 0.3 is 0 Å². The Kier molecular flexibility index (Phi) is 6.83. The van der Waals surface area contributed by atoms with Gasteiger partial charge in [0.25, 0.3) is 0 Å². The van der Waals surface area contributed by atoms with E-state index in [0.717, 1.165) is 30.7 Å². The van der Waals surface area contributed by atoms with Gasteiger partial charge < -0.3 is 26.1 Å². The van der Waals surface area contributed by atoms with Crippen molar-refractivity contribution in [3.05, 3.63) is 29.3 Å². The van der Waals surface area contributed by atoms with Crippen molar-refractivity contribution in [2.24, 2.45) is 10.9 Å². The van der Waals surface area contributed by atoms with Gasteiger partial charge in [0, 0.05) is 17.7 Å². The Hall–Kier alpha value is -1.79. The number of hydrogen-bond donors (Lipinski definition) is 4. The molecule has 0 aliphatic heterocycles. The van der Waals surface area contributed by atoms with Crippen LogP contribution in [0, 0.1) is 0 Å². The smallest absolute Gasteiger partial charge is 0.170 e. The zero-order valence-electron chi connectivity index (χ0n) is 12.0. The van der Waals surface area contributed by atoms with E-state index in [2.05, 4.69) is 10.5 Å². The van der Waals surface area contributed by atoms with Crippen molar-refractivity contribution in [1.82, 2.24) is 5.32 Å². The Bertz CT molecular complexity index is 447. The standard InChI is InChI=1S/C14H23N3O3/c1-10(18)4-3-7-16-9-12-8-11(14(15)17-19)5-6-13(12)20-2/h5-6,8,10,16,18-19H,3-4,7,9H2,1-2H3,(H2,15,17). The number of nitrogens with one attached hydrogen (secondary N) is 1. The van der Waals surface area contributed by atoms with E-state index in [-0.39, 0.29) is 11.9 Å². The number of rotatable bonds is 8. The molecule has 0 aliphatic carbocycles. The molecular formula is C14H23N3O3. The summed E-state index contributed by atoms with van der Waals surface area (Å²) in [5.74, 6) is 0.825. The number of amidine groups is 1. The SMILES string of the molecule is COc1ccc(/C(N)=N/O)cc1CNCCCC(C)O. The fourth-order valence-corrected chi connectivity index (χ4v) is 1.88. The fourth-order valence-electron chi connectivity index (χ4n) is 1.88. The first-order valence-corrected chi connectivity index (χ1v) is 6.62. The molecular weight excluding hydrogens is 258 g/mol. The number of benzene rings is 1. The van der Waals surface area contributed by atoms with E-state index >= 15 is 0 Å². The molecule has 0 saturated heterocycles. The lowest BCUT2D eigenvalue weighted by Gasteiger charge is -2.11. The van der Waals surface area contributed by atoms with E-state index in [0.29, 0.717) is 12.1 Å². The van der Waals surface area contributed by atoms with Crippen LogP contribution in [0.5, 0.6) is 5.75 Å². The maximum Gasteiger partial charge on any atom is 0.170 e. The summed E-state index contributed by atoms with van der Waals surface area (Å²) in [6.07, 6.45) is 1.41. The third kappa shape index (κ3) is 5.07. The van der Waals surface area contributed by atoms with Crippen LogP contribution in [0.4, 0.5) is 0 Å². The van der Waals surface area contributed by atoms with Crippen LogP contribution in [0.2, 0.25) is 0 Å². The monoisotopic (exact) mass is 281 g/mol. The molecule has 1 atom stereocenters. The van der Waals surface area contributed by atoms with Crippen LogP contribution in [-0.4, -0.2) is 35.9 Å². The Morgan fingerprint density at radius 1 is 1.50 bits per heavy atom. The predicted octanol–water partition coefficient (Wildman–Crippen LogP) is 1.04. The van der Waals surface area contributed by atoms with Gasteiger partial charge in [0.05, 0.1) is 13.2 Å². The second-order valence-electron chi connectivity index (χ2n) is 4.68. The first-order valence-electron chi connectivity index (χ1n) is 6.62. The third-order valence-electron chi connectivity index (χ3n) is 2.97. The highest BCUT2D eigenvalue weighted by molar-refractivity contribution is 5.97. The third-order valence-corrected chi connectivity index (χ3v) is 2.97. The fraction of sp³-hybridized carbons (Fsp3) is 0.500. The van der Waals surface area contributed by atoms with Crippen LogP contribution in [0.3, 0.4) is 0 Å². The van der Waals surface area contributed by atoms with E-state index in [1.54, 1.807) is 26.2 Å². The molecule has 1 unspecified atom stereocenters. The molecule has 0 aromatic heterocycles. The molecule has 1 aromatic rings. The first kappa shape index (κ1) is 16.3. The van der Waals surface area contributed by atoms with Gasteiger partial charge in [-0.05, 0) is 44.5 Å². The molecule has 20 heavy (non-hydrogen) atoms. The van der Waals surface area contributed by atoms with Crippen molar-refractivity contribution >= 4 is 5.84 Å². The number of oxime groups is 1. The molecule has 0 amide bonds. The van der Waals surface area contributed by atoms with E-state index in [9.17, 15) is 5.11 Å². The van der Waals surface area contributed by atoms with Crippen LogP contribution in [0.25, 0.3) is 0 Å². The normalized spacial score (nSPS) is 13.2. The molecule has 0 bridgehead atoms. The molecule has 0 fully saturated rings. The van der Waals surface area contributed by atoms with Crippen molar-refractivity contribution in [3.63, 3.8) is 0 Å². The lowest BCUT2D eigenvalue weighted by atomic mass is 10.1. The quantitative estimate of drug-likeness (QED) is 0.187. The molecule has 0 heterocycles. The molecule has 5 N–H and O–H groups in total. The van der Waals surface area contributed by atoms with Crippen LogP contribution in [0.15, 0.2) is 23.4 Å². The Morgan fingerprint density at radius 2 is 2.25 bits per heavy atom. The Balaban J connectivity index is 2.62. The summed E-state index contributed by atoms with van der Waals surface area (Å²) in [6.45, 7) is 3.21. The lowest BCUT2D eigenvalue weighted by Crippen LogP contribution is -2.18. The summed E-state index contributed by atoms with van der Waals surface area (Å²) in [6, 6.07) is 5.36. The minimum absolute atomic E-state index is 0.0722. The van der Waals surface area contributed by atoms with Crippen LogP contribution >= 0.6 is 0 Å². The second kappa shape index (κ2) is 8.39. The zero-order chi connectivity index (χ0) is 15.0. The average Bonchev–Trinajstić information content (AvgIpc) is 2.45. The summed E-state index contributed by atoms with van der Waals surface area (Å²) in [7, 11) is 1.61. The summed E-state index contributed by atoms with van der Waals surface area (Å²) in [5.41, 5.74) is 7.16. The van der Waals surface area contributed by atoms with E-state index in [1.165, 1.54) is 0 Å². The number of nitrogens with two attached hydrogens (primary N) is 1. The van der Waals surface area contributed by atoms with Crippen molar-refractivity contribution < 1.29 is 15.1 Å². The number of ether oxygens (including phenoxy) is 1. The van der Waals surface area contributed by atoms with Gasteiger partial charge in [-0.2, -0.15) is 0 Å². The molecule has 112 valence electrons. The molecule has 6 heteroatoms. The van der Waals surface area contributed by atoms with E-state index < -0.39 is 0 Å². The second-order valence-corrected chi connectivity index (χ2v) is 4.68. The minimum Gasteiger partial charge on any atom is -0.496 e. The van der Waals surface area contributed by atoms with Gasteiger partial charge in [0.2, 0.25) is 0 Å². The van der Waals surface area contributed by atoms with Gasteiger partial charge in [0.15, 0.2) is 5.84 Å². The van der Waals surface area contributed by atoms with Crippen molar-refractivity contribution in [2.45, 2.75) is 32.4 Å². The summed E-state index contributed by atoms with van der Waals surface area (Å²) < 4.78 is 5.29. The minimum atomic E-state index is -0.268. The number of nitrogens with zero attached hydrogens (tertiary/aromatic N) is 1. The maximum absolute atomic E-state index is 9.18. The number of aliphatic hydroxyl groups excluding tert-OH is 1. The number of hydrogen-bond acceptors (Lipinski definition) is 5. The Labute approximate surface area is 119 Å². The van der Waals surface area contributed by atoms with Crippen molar-refractivity contribution in [2.75, 3.05) is 13.7 Å². The van der Waals surface area contributed by atoms with E-state index in [1.807, 2.05) is 6.07 Å². The topological polar surface area (TPSA) is 100 Å². The molecule has 0 spiro atoms. The molecule has 1 rings (SSSR count). The van der Waals surface area contributed by atoms with Crippen molar-refractivity contribution in [3.8, 4) is 5.75 Å². The molecule has 0 saturated carbocycles. The highest BCUT2D eigenvalue weighted by atomic mass is 16.5. The largest absolute Gasteiger partial charge is 0.496 e. The van der Waals surface area contributed by atoms with E-state index in [4.69, 9.17) is 15.7 Å². The zero-order valence-corrected chi connectivity index (χ0v) is 12.0. The number of methoxy groups -OCH3 is 1. The van der Waals surface area contributed by atoms with Gasteiger partial charge in [0.1, 0.15) is 5.75 Å². The van der Waals surface area contributed by atoms with Gasteiger partial charge in [-0.25, -0.2) is 0 Å². The van der Waals surface area contributed by atoms with Gasteiger partial charge in [-0.3, -0.25) is 0 Å². The molecule has 0 radical (unpaired) electrons. The molecule has 6 nitrogen and oxygen atoms in total.